The summed E-state index contributed by atoms with van der Waals surface area (Å²) in [6.07, 6.45) is 6.36. The second kappa shape index (κ2) is 5.81. The molecule has 3 aliphatic rings. The summed E-state index contributed by atoms with van der Waals surface area (Å²) in [5, 5.41) is 10.9. The first kappa shape index (κ1) is 15.7. The molecule has 3 aliphatic carbocycles. The Labute approximate surface area is 131 Å². The van der Waals surface area contributed by atoms with Crippen molar-refractivity contribution in [3.8, 4) is 5.88 Å². The van der Waals surface area contributed by atoms with Crippen LogP contribution in [-0.4, -0.2) is 37.0 Å². The molecule has 1 aromatic rings. The molecule has 0 aromatic carbocycles. The molecule has 1 unspecified atom stereocenters. The van der Waals surface area contributed by atoms with Gasteiger partial charge in [-0.25, -0.2) is 13.4 Å². The van der Waals surface area contributed by atoms with Crippen molar-refractivity contribution in [1.29, 1.82) is 0 Å². The molecule has 22 heavy (non-hydrogen) atoms. The largest absolute Gasteiger partial charge is 0.481 e. The average molecular weight is 325 g/mol. The minimum absolute atomic E-state index is 0.0778. The van der Waals surface area contributed by atoms with Crippen molar-refractivity contribution >= 4 is 9.84 Å². The van der Waals surface area contributed by atoms with E-state index in [4.69, 9.17) is 4.74 Å². The van der Waals surface area contributed by atoms with Gasteiger partial charge in [-0.05, 0) is 55.6 Å². The van der Waals surface area contributed by atoms with E-state index in [1.807, 2.05) is 0 Å². The lowest BCUT2D eigenvalue weighted by Gasteiger charge is -2.48. The minimum Gasteiger partial charge on any atom is -0.481 e. The zero-order valence-electron chi connectivity index (χ0n) is 12.9. The highest BCUT2D eigenvalue weighted by Gasteiger charge is 2.48. The third kappa shape index (κ3) is 3.27. The summed E-state index contributed by atoms with van der Waals surface area (Å²) in [6.45, 7) is 0. The zero-order valence-corrected chi connectivity index (χ0v) is 13.7. The first-order valence-electron chi connectivity index (χ1n) is 7.82. The molecule has 1 N–H and O–H groups in total. The number of hydrogen-bond donors (Lipinski definition) is 1. The lowest BCUT2D eigenvalue weighted by molar-refractivity contribution is -0.0801. The van der Waals surface area contributed by atoms with Crippen LogP contribution in [0.2, 0.25) is 0 Å². The van der Waals surface area contributed by atoms with Gasteiger partial charge in [-0.3, -0.25) is 0 Å². The van der Waals surface area contributed by atoms with E-state index in [2.05, 4.69) is 4.98 Å². The SMILES string of the molecule is COc1cc(CS(=O)(=O)CC2(O)CC3CCC2CC3)ccn1. The van der Waals surface area contributed by atoms with Crippen molar-refractivity contribution in [1.82, 2.24) is 4.98 Å². The van der Waals surface area contributed by atoms with E-state index in [1.54, 1.807) is 18.3 Å². The van der Waals surface area contributed by atoms with Gasteiger partial charge in [-0.1, -0.05) is 0 Å². The molecule has 1 atom stereocenters. The molecular weight excluding hydrogens is 302 g/mol. The zero-order chi connectivity index (χ0) is 15.8. The fraction of sp³-hybridized carbons (Fsp3) is 0.688. The summed E-state index contributed by atoms with van der Waals surface area (Å²) in [6, 6.07) is 3.31. The molecule has 4 rings (SSSR count). The Hall–Kier alpha value is -1.14. The number of sulfone groups is 1. The second-order valence-corrected chi connectivity index (χ2v) is 8.83. The maximum atomic E-state index is 12.5. The Morgan fingerprint density at radius 3 is 2.68 bits per heavy atom. The molecule has 5 nitrogen and oxygen atoms in total. The normalized spacial score (nSPS) is 31.2. The Bertz CT molecular complexity index is 637. The monoisotopic (exact) mass is 325 g/mol. The highest BCUT2D eigenvalue weighted by molar-refractivity contribution is 7.90. The van der Waals surface area contributed by atoms with Gasteiger partial charge in [0.25, 0.3) is 0 Å². The van der Waals surface area contributed by atoms with E-state index in [-0.39, 0.29) is 17.4 Å². The van der Waals surface area contributed by atoms with Gasteiger partial charge in [-0.2, -0.15) is 0 Å². The summed E-state index contributed by atoms with van der Waals surface area (Å²) < 4.78 is 30.1. The van der Waals surface area contributed by atoms with E-state index < -0.39 is 15.4 Å². The molecule has 2 bridgehead atoms. The summed E-state index contributed by atoms with van der Waals surface area (Å²) in [5.74, 6) is 0.825. The van der Waals surface area contributed by atoms with Crippen LogP contribution in [0.1, 0.15) is 37.7 Å². The number of pyridine rings is 1. The first-order chi connectivity index (χ1) is 10.4. The maximum absolute atomic E-state index is 12.5. The Balaban J connectivity index is 1.73. The Morgan fingerprint density at radius 1 is 1.36 bits per heavy atom. The standard InChI is InChI=1S/C16H23NO4S/c1-21-15-8-13(6-7-17-15)10-22(19,20)11-16(18)9-12-2-4-14(16)5-3-12/h6-8,12,14,18H,2-5,9-11H2,1H3. The van der Waals surface area contributed by atoms with Crippen molar-refractivity contribution in [3.63, 3.8) is 0 Å². The minimum atomic E-state index is -3.37. The van der Waals surface area contributed by atoms with Crippen molar-refractivity contribution < 1.29 is 18.3 Å². The molecule has 1 heterocycles. The highest BCUT2D eigenvalue weighted by atomic mass is 32.2. The fourth-order valence-corrected chi connectivity index (χ4v) is 5.99. The first-order valence-corrected chi connectivity index (χ1v) is 9.64. The number of aliphatic hydroxyl groups is 1. The van der Waals surface area contributed by atoms with Gasteiger partial charge in [-0.15, -0.1) is 0 Å². The van der Waals surface area contributed by atoms with Gasteiger partial charge in [0.2, 0.25) is 5.88 Å². The van der Waals surface area contributed by atoms with E-state index in [9.17, 15) is 13.5 Å². The molecule has 6 heteroatoms. The fourth-order valence-electron chi connectivity index (χ4n) is 4.08. The number of ether oxygens (including phenoxy) is 1. The molecule has 3 saturated carbocycles. The topological polar surface area (TPSA) is 76.5 Å². The van der Waals surface area contributed by atoms with Crippen LogP contribution in [0.5, 0.6) is 5.88 Å². The van der Waals surface area contributed by atoms with Gasteiger partial charge in [0.1, 0.15) is 0 Å². The lowest BCUT2D eigenvalue weighted by Crippen LogP contribution is -2.51. The van der Waals surface area contributed by atoms with Gasteiger partial charge < -0.3 is 9.84 Å². The van der Waals surface area contributed by atoms with E-state index in [0.29, 0.717) is 23.8 Å². The summed E-state index contributed by atoms with van der Waals surface area (Å²) in [5.41, 5.74) is -0.381. The van der Waals surface area contributed by atoms with Gasteiger partial charge >= 0.3 is 0 Å². The number of methoxy groups -OCH3 is 1. The van der Waals surface area contributed by atoms with Crippen molar-refractivity contribution in [3.05, 3.63) is 23.9 Å². The summed E-state index contributed by atoms with van der Waals surface area (Å²) in [7, 11) is -1.87. The smallest absolute Gasteiger partial charge is 0.213 e. The quantitative estimate of drug-likeness (QED) is 0.895. The van der Waals surface area contributed by atoms with Gasteiger partial charge in [0.05, 0.1) is 24.2 Å². The molecule has 3 fully saturated rings. The molecule has 0 aliphatic heterocycles. The average Bonchev–Trinajstić information content (AvgIpc) is 2.46. The third-order valence-electron chi connectivity index (χ3n) is 5.11. The van der Waals surface area contributed by atoms with E-state index >= 15 is 0 Å². The van der Waals surface area contributed by atoms with Crippen LogP contribution >= 0.6 is 0 Å². The molecule has 0 amide bonds. The van der Waals surface area contributed by atoms with E-state index in [0.717, 1.165) is 25.7 Å². The van der Waals surface area contributed by atoms with Gasteiger partial charge in [0, 0.05) is 12.3 Å². The predicted molar refractivity (Wildman–Crippen MR) is 83.3 cm³/mol. The summed E-state index contributed by atoms with van der Waals surface area (Å²) in [4.78, 5) is 3.98. The molecule has 0 saturated heterocycles. The van der Waals surface area contributed by atoms with Crippen LogP contribution < -0.4 is 4.74 Å². The predicted octanol–water partition coefficient (Wildman–Crippen LogP) is 1.95. The number of hydrogen-bond acceptors (Lipinski definition) is 5. The van der Waals surface area contributed by atoms with Crippen LogP contribution in [0.15, 0.2) is 18.3 Å². The maximum Gasteiger partial charge on any atom is 0.213 e. The van der Waals surface area contributed by atoms with Crippen LogP contribution in [-0.2, 0) is 15.6 Å². The van der Waals surface area contributed by atoms with Gasteiger partial charge in [0.15, 0.2) is 9.84 Å². The number of nitrogens with zero attached hydrogens (tertiary/aromatic N) is 1. The lowest BCUT2D eigenvalue weighted by atomic mass is 9.63. The van der Waals surface area contributed by atoms with Crippen LogP contribution in [0.3, 0.4) is 0 Å². The Kier molecular flexibility index (Phi) is 4.16. The van der Waals surface area contributed by atoms with Crippen LogP contribution in [0, 0.1) is 11.8 Å². The second-order valence-electron chi connectivity index (χ2n) is 6.76. The third-order valence-corrected chi connectivity index (χ3v) is 6.83. The van der Waals surface area contributed by atoms with Crippen molar-refractivity contribution in [2.45, 2.75) is 43.5 Å². The van der Waals surface area contributed by atoms with Crippen LogP contribution in [0.4, 0.5) is 0 Å². The van der Waals surface area contributed by atoms with Crippen molar-refractivity contribution in [2.24, 2.45) is 11.8 Å². The number of rotatable bonds is 5. The molecular formula is C16H23NO4S. The number of fused-ring (bicyclic) bond motifs is 3. The number of aromatic nitrogens is 1. The summed E-state index contributed by atoms with van der Waals surface area (Å²) >= 11 is 0. The molecule has 122 valence electrons. The highest BCUT2D eigenvalue weighted by Crippen LogP contribution is 2.48. The van der Waals surface area contributed by atoms with Crippen LogP contribution in [0.25, 0.3) is 0 Å². The van der Waals surface area contributed by atoms with E-state index in [1.165, 1.54) is 7.11 Å². The molecule has 0 spiro atoms. The van der Waals surface area contributed by atoms with Crippen molar-refractivity contribution in [2.75, 3.05) is 12.9 Å². The Morgan fingerprint density at radius 2 is 2.09 bits per heavy atom. The molecule has 1 aromatic heterocycles. The molecule has 0 radical (unpaired) electrons.